The van der Waals surface area contributed by atoms with E-state index in [0.29, 0.717) is 13.0 Å². The number of ketones is 1. The summed E-state index contributed by atoms with van der Waals surface area (Å²) in [5.41, 5.74) is 0. The molecule has 0 radical (unpaired) electrons. The maximum Gasteiger partial charge on any atom is 0.216 e. The molecule has 0 unspecified atom stereocenters. The Balaban J connectivity index is 3.93. The lowest BCUT2D eigenvalue weighted by atomic mass is 10.1. The van der Waals surface area contributed by atoms with E-state index in [-0.39, 0.29) is 17.7 Å². The van der Waals surface area contributed by atoms with Crippen LogP contribution < -0.4 is 10.6 Å². The molecule has 0 aliphatic rings. The first kappa shape index (κ1) is 12.1. The Hall–Kier alpha value is -0.900. The summed E-state index contributed by atoms with van der Waals surface area (Å²) in [6, 6.07) is -0.237. The highest BCUT2D eigenvalue weighted by molar-refractivity contribution is 5.84. The summed E-state index contributed by atoms with van der Waals surface area (Å²) >= 11 is 0. The maximum atomic E-state index is 11.3. The molecule has 1 atom stereocenters. The van der Waals surface area contributed by atoms with Crippen LogP contribution in [-0.4, -0.2) is 30.8 Å². The molecule has 4 heteroatoms. The van der Waals surface area contributed by atoms with Crippen molar-refractivity contribution >= 4 is 11.7 Å². The van der Waals surface area contributed by atoms with Crippen molar-refractivity contribution in [1.82, 2.24) is 10.6 Å². The van der Waals surface area contributed by atoms with Gasteiger partial charge in [-0.3, -0.25) is 9.59 Å². The zero-order valence-corrected chi connectivity index (χ0v) is 8.52. The number of likely N-dealkylation sites (N-methyl/N-ethyl adjacent to an activating group) is 1. The first-order valence-corrected chi connectivity index (χ1v) is 4.62. The third-order valence-corrected chi connectivity index (χ3v) is 1.74. The molecule has 0 saturated heterocycles. The smallest absolute Gasteiger partial charge is 0.216 e. The van der Waals surface area contributed by atoms with E-state index in [0.717, 1.165) is 6.54 Å². The molecule has 0 saturated carbocycles. The fourth-order valence-corrected chi connectivity index (χ4v) is 1.04. The first-order chi connectivity index (χ1) is 6.11. The van der Waals surface area contributed by atoms with Crippen LogP contribution in [0.3, 0.4) is 0 Å². The molecule has 1 amide bonds. The molecule has 13 heavy (non-hydrogen) atoms. The number of nitrogens with one attached hydrogen (secondary N) is 2. The van der Waals surface area contributed by atoms with Crippen LogP contribution in [0.2, 0.25) is 0 Å². The van der Waals surface area contributed by atoms with Gasteiger partial charge in [-0.05, 0) is 6.54 Å². The molecule has 4 nitrogen and oxygen atoms in total. The van der Waals surface area contributed by atoms with Crippen molar-refractivity contribution in [2.45, 2.75) is 33.2 Å². The van der Waals surface area contributed by atoms with Crippen LogP contribution in [0.1, 0.15) is 27.2 Å². The van der Waals surface area contributed by atoms with Crippen molar-refractivity contribution in [2.24, 2.45) is 0 Å². The fourth-order valence-electron chi connectivity index (χ4n) is 1.04. The monoisotopic (exact) mass is 186 g/mol. The number of amides is 1. The average molecular weight is 186 g/mol. The fraction of sp³-hybridized carbons (Fsp3) is 0.778. The van der Waals surface area contributed by atoms with Crippen molar-refractivity contribution in [2.75, 3.05) is 13.1 Å². The Bertz CT molecular complexity index is 180. The average Bonchev–Trinajstić information content (AvgIpc) is 2.10. The van der Waals surface area contributed by atoms with Gasteiger partial charge in [0.2, 0.25) is 5.91 Å². The minimum atomic E-state index is -0.237. The molecule has 2 N–H and O–H groups in total. The Labute approximate surface area is 79.1 Å². The van der Waals surface area contributed by atoms with Crippen LogP contribution >= 0.6 is 0 Å². The van der Waals surface area contributed by atoms with E-state index < -0.39 is 0 Å². The normalized spacial score (nSPS) is 12.2. The molecule has 0 aliphatic heterocycles. The molecular weight excluding hydrogens is 168 g/mol. The summed E-state index contributed by atoms with van der Waals surface area (Å²) in [4.78, 5) is 21.9. The molecule has 76 valence electrons. The SMILES string of the molecule is CCN[C@@H](CNC(C)=O)C(=O)CC. The van der Waals surface area contributed by atoms with Gasteiger partial charge in [0.1, 0.15) is 0 Å². The summed E-state index contributed by atoms with van der Waals surface area (Å²) in [5.74, 6) is 0.0300. The number of hydrogen-bond acceptors (Lipinski definition) is 3. The second-order valence-corrected chi connectivity index (χ2v) is 2.87. The minimum absolute atomic E-state index is 0.105. The molecule has 0 aromatic heterocycles. The molecule has 0 aromatic rings. The number of carbonyl (C=O) groups is 2. The maximum absolute atomic E-state index is 11.3. The first-order valence-electron chi connectivity index (χ1n) is 4.62. The molecule has 0 aromatic carbocycles. The predicted molar refractivity (Wildman–Crippen MR) is 51.4 cm³/mol. The van der Waals surface area contributed by atoms with E-state index in [2.05, 4.69) is 10.6 Å². The number of carbonyl (C=O) groups excluding carboxylic acids is 2. The highest BCUT2D eigenvalue weighted by atomic mass is 16.1. The van der Waals surface area contributed by atoms with Crippen molar-refractivity contribution in [3.05, 3.63) is 0 Å². The lowest BCUT2D eigenvalue weighted by Gasteiger charge is -2.15. The molecular formula is C9H18N2O2. The summed E-state index contributed by atoms with van der Waals surface area (Å²) in [6.07, 6.45) is 0.497. The second-order valence-electron chi connectivity index (χ2n) is 2.87. The summed E-state index contributed by atoms with van der Waals surface area (Å²) in [6.45, 7) is 6.31. The van der Waals surface area contributed by atoms with Gasteiger partial charge in [0.15, 0.2) is 5.78 Å². The van der Waals surface area contributed by atoms with Gasteiger partial charge in [-0.25, -0.2) is 0 Å². The standard InChI is InChI=1S/C9H18N2O2/c1-4-9(13)8(10-5-2)6-11-7(3)12/h8,10H,4-6H2,1-3H3,(H,11,12)/t8-/m0/s1. The highest BCUT2D eigenvalue weighted by Crippen LogP contribution is 1.90. The molecule has 0 fully saturated rings. The van der Waals surface area contributed by atoms with Gasteiger partial charge in [-0.15, -0.1) is 0 Å². The molecule has 0 heterocycles. The molecule has 0 aliphatic carbocycles. The molecule has 0 bridgehead atoms. The second kappa shape index (κ2) is 6.60. The van der Waals surface area contributed by atoms with Crippen molar-refractivity contribution in [3.8, 4) is 0 Å². The van der Waals surface area contributed by atoms with Crippen LogP contribution in [-0.2, 0) is 9.59 Å². The van der Waals surface area contributed by atoms with Gasteiger partial charge >= 0.3 is 0 Å². The van der Waals surface area contributed by atoms with E-state index in [1.807, 2.05) is 13.8 Å². The largest absolute Gasteiger partial charge is 0.354 e. The number of rotatable bonds is 6. The lowest BCUT2D eigenvalue weighted by molar-refractivity contribution is -0.121. The van der Waals surface area contributed by atoms with Crippen molar-refractivity contribution in [3.63, 3.8) is 0 Å². The Morgan fingerprint density at radius 2 is 1.92 bits per heavy atom. The van der Waals surface area contributed by atoms with E-state index in [1.54, 1.807) is 0 Å². The number of hydrogen-bond donors (Lipinski definition) is 2. The number of Topliss-reactive ketones (excluding diaryl/α,β-unsaturated/α-hetero) is 1. The van der Waals surface area contributed by atoms with Crippen LogP contribution in [0.15, 0.2) is 0 Å². The van der Waals surface area contributed by atoms with Gasteiger partial charge in [0, 0.05) is 19.9 Å². The van der Waals surface area contributed by atoms with E-state index >= 15 is 0 Å². The van der Waals surface area contributed by atoms with Gasteiger partial charge in [-0.2, -0.15) is 0 Å². The zero-order chi connectivity index (χ0) is 10.3. The Morgan fingerprint density at radius 3 is 2.31 bits per heavy atom. The topological polar surface area (TPSA) is 58.2 Å². The quantitative estimate of drug-likeness (QED) is 0.617. The van der Waals surface area contributed by atoms with Gasteiger partial charge in [-0.1, -0.05) is 13.8 Å². The van der Waals surface area contributed by atoms with Gasteiger partial charge in [0.25, 0.3) is 0 Å². The van der Waals surface area contributed by atoms with Crippen LogP contribution in [0, 0.1) is 0 Å². The minimum Gasteiger partial charge on any atom is -0.354 e. The lowest BCUT2D eigenvalue weighted by Crippen LogP contribution is -2.45. The van der Waals surface area contributed by atoms with Crippen molar-refractivity contribution in [1.29, 1.82) is 0 Å². The van der Waals surface area contributed by atoms with Gasteiger partial charge < -0.3 is 10.6 Å². The molecule has 0 spiro atoms. The Kier molecular flexibility index (Phi) is 6.14. The highest BCUT2D eigenvalue weighted by Gasteiger charge is 2.14. The summed E-state index contributed by atoms with van der Waals surface area (Å²) in [7, 11) is 0. The third-order valence-electron chi connectivity index (χ3n) is 1.74. The zero-order valence-electron chi connectivity index (χ0n) is 8.52. The van der Waals surface area contributed by atoms with Crippen molar-refractivity contribution < 1.29 is 9.59 Å². The summed E-state index contributed by atoms with van der Waals surface area (Å²) < 4.78 is 0. The molecule has 0 rings (SSSR count). The summed E-state index contributed by atoms with van der Waals surface area (Å²) in [5, 5.41) is 5.65. The van der Waals surface area contributed by atoms with E-state index in [1.165, 1.54) is 6.92 Å². The predicted octanol–water partition coefficient (Wildman–Crippen LogP) is 0.0797. The Morgan fingerprint density at radius 1 is 1.31 bits per heavy atom. The van der Waals surface area contributed by atoms with Crippen LogP contribution in [0.5, 0.6) is 0 Å². The van der Waals surface area contributed by atoms with E-state index in [4.69, 9.17) is 0 Å². The van der Waals surface area contributed by atoms with E-state index in [9.17, 15) is 9.59 Å². The van der Waals surface area contributed by atoms with Gasteiger partial charge in [0.05, 0.1) is 6.04 Å². The van der Waals surface area contributed by atoms with Crippen LogP contribution in [0.25, 0.3) is 0 Å². The third kappa shape index (κ3) is 5.36. The van der Waals surface area contributed by atoms with Crippen LogP contribution in [0.4, 0.5) is 0 Å².